The molecule has 1 fully saturated rings. The van der Waals surface area contributed by atoms with E-state index < -0.39 is 0 Å². The topological polar surface area (TPSA) is 23.4 Å². The highest BCUT2D eigenvalue weighted by molar-refractivity contribution is 5.79. The summed E-state index contributed by atoms with van der Waals surface area (Å²) < 4.78 is 13.7. The third-order valence-corrected chi connectivity index (χ3v) is 4.42. The van der Waals surface area contributed by atoms with Crippen molar-refractivity contribution in [3.63, 3.8) is 0 Å². The van der Waals surface area contributed by atoms with Gasteiger partial charge in [0.25, 0.3) is 0 Å². The molecule has 3 heteroatoms. The second-order valence-electron chi connectivity index (χ2n) is 6.15. The number of aromatic nitrogens is 1. The van der Waals surface area contributed by atoms with Crippen molar-refractivity contribution >= 4 is 10.9 Å². The molecule has 0 amide bonds. The first kappa shape index (κ1) is 15.6. The molecule has 1 atom stereocenters. The van der Waals surface area contributed by atoms with Gasteiger partial charge in [0.1, 0.15) is 0 Å². The van der Waals surface area contributed by atoms with Crippen LogP contribution in [-0.2, 0) is 16.0 Å². The van der Waals surface area contributed by atoms with Crippen LogP contribution in [0.25, 0.3) is 10.9 Å². The summed E-state index contributed by atoms with van der Waals surface area (Å²) in [6, 6.07) is 10.8. The number of aryl methyl sites for hydroxylation is 1. The Kier molecular flexibility index (Phi) is 5.91. The Labute approximate surface area is 133 Å². The maximum absolute atomic E-state index is 5.77. The third kappa shape index (κ3) is 4.34. The van der Waals surface area contributed by atoms with E-state index in [4.69, 9.17) is 9.47 Å². The van der Waals surface area contributed by atoms with Crippen LogP contribution in [0.1, 0.15) is 44.9 Å². The van der Waals surface area contributed by atoms with E-state index in [1.807, 2.05) is 0 Å². The minimum absolute atomic E-state index is 0.0694. The zero-order chi connectivity index (χ0) is 15.0. The molecule has 0 N–H and O–H groups in total. The van der Waals surface area contributed by atoms with Crippen molar-refractivity contribution in [2.24, 2.45) is 0 Å². The van der Waals surface area contributed by atoms with Gasteiger partial charge in [0.2, 0.25) is 0 Å². The lowest BCUT2D eigenvalue weighted by Crippen LogP contribution is -2.22. The molecule has 0 bridgehead atoms. The fourth-order valence-electron chi connectivity index (χ4n) is 3.13. The van der Waals surface area contributed by atoms with Crippen LogP contribution in [0, 0.1) is 0 Å². The van der Waals surface area contributed by atoms with Gasteiger partial charge in [-0.1, -0.05) is 31.0 Å². The van der Waals surface area contributed by atoms with Gasteiger partial charge < -0.3 is 14.0 Å². The second kappa shape index (κ2) is 8.35. The Hall–Kier alpha value is -1.32. The van der Waals surface area contributed by atoms with Crippen LogP contribution in [0.4, 0.5) is 0 Å². The SMILES string of the molecule is c1ccc2c(c1)ccn2CCCCCCOC1CCCCO1. The summed E-state index contributed by atoms with van der Waals surface area (Å²) in [6.45, 7) is 2.83. The van der Waals surface area contributed by atoms with Gasteiger partial charge in [-0.2, -0.15) is 0 Å². The predicted octanol–water partition coefficient (Wildman–Crippen LogP) is 4.74. The van der Waals surface area contributed by atoms with Gasteiger partial charge >= 0.3 is 0 Å². The van der Waals surface area contributed by atoms with Crippen molar-refractivity contribution in [3.05, 3.63) is 36.5 Å². The summed E-state index contributed by atoms with van der Waals surface area (Å²) in [6.07, 6.45) is 10.7. The van der Waals surface area contributed by atoms with Crippen LogP contribution in [0.5, 0.6) is 0 Å². The van der Waals surface area contributed by atoms with E-state index in [0.717, 1.165) is 32.6 Å². The average Bonchev–Trinajstić information content (AvgIpc) is 2.98. The van der Waals surface area contributed by atoms with E-state index in [-0.39, 0.29) is 6.29 Å². The van der Waals surface area contributed by atoms with Crippen molar-refractivity contribution in [1.29, 1.82) is 0 Å². The number of nitrogens with zero attached hydrogens (tertiary/aromatic N) is 1. The average molecular weight is 301 g/mol. The fraction of sp³-hybridized carbons (Fsp3) is 0.579. The molecule has 3 nitrogen and oxygen atoms in total. The van der Waals surface area contributed by atoms with E-state index in [1.54, 1.807) is 0 Å². The summed E-state index contributed by atoms with van der Waals surface area (Å²) in [4.78, 5) is 0. The Morgan fingerprint density at radius 1 is 1.05 bits per heavy atom. The molecule has 120 valence electrons. The number of hydrogen-bond donors (Lipinski definition) is 0. The van der Waals surface area contributed by atoms with Crippen LogP contribution in [0.15, 0.2) is 36.5 Å². The first-order valence-electron chi connectivity index (χ1n) is 8.70. The number of benzene rings is 1. The zero-order valence-electron chi connectivity index (χ0n) is 13.4. The molecule has 2 heterocycles. The highest BCUT2D eigenvalue weighted by Crippen LogP contribution is 2.17. The van der Waals surface area contributed by atoms with E-state index in [0.29, 0.717) is 0 Å². The van der Waals surface area contributed by atoms with Gasteiger partial charge in [-0.05, 0) is 49.6 Å². The molecule has 0 spiro atoms. The van der Waals surface area contributed by atoms with E-state index in [2.05, 4.69) is 41.1 Å². The predicted molar refractivity (Wildman–Crippen MR) is 89.9 cm³/mol. The van der Waals surface area contributed by atoms with Crippen LogP contribution >= 0.6 is 0 Å². The molecule has 0 saturated carbocycles. The zero-order valence-corrected chi connectivity index (χ0v) is 13.4. The smallest absolute Gasteiger partial charge is 0.157 e. The molecule has 2 aromatic rings. The van der Waals surface area contributed by atoms with Gasteiger partial charge in [-0.3, -0.25) is 0 Å². The van der Waals surface area contributed by atoms with Crippen molar-refractivity contribution in [2.75, 3.05) is 13.2 Å². The fourth-order valence-corrected chi connectivity index (χ4v) is 3.13. The molecule has 1 aliphatic heterocycles. The first-order valence-corrected chi connectivity index (χ1v) is 8.70. The van der Waals surface area contributed by atoms with E-state index in [9.17, 15) is 0 Å². The van der Waals surface area contributed by atoms with Crippen LogP contribution in [0.3, 0.4) is 0 Å². The summed E-state index contributed by atoms with van der Waals surface area (Å²) in [7, 11) is 0. The summed E-state index contributed by atoms with van der Waals surface area (Å²) in [5, 5.41) is 1.34. The lowest BCUT2D eigenvalue weighted by atomic mass is 10.2. The Morgan fingerprint density at radius 2 is 1.95 bits per heavy atom. The van der Waals surface area contributed by atoms with Crippen molar-refractivity contribution in [1.82, 2.24) is 4.57 Å². The first-order chi connectivity index (χ1) is 10.9. The molecule has 1 saturated heterocycles. The normalized spacial score (nSPS) is 18.8. The Morgan fingerprint density at radius 3 is 2.86 bits per heavy atom. The summed E-state index contributed by atoms with van der Waals surface area (Å²) in [5.41, 5.74) is 1.35. The molecular weight excluding hydrogens is 274 g/mol. The molecule has 3 rings (SSSR count). The number of hydrogen-bond acceptors (Lipinski definition) is 2. The van der Waals surface area contributed by atoms with Crippen LogP contribution in [-0.4, -0.2) is 24.1 Å². The molecule has 0 radical (unpaired) electrons. The Balaban J connectivity index is 1.27. The molecule has 22 heavy (non-hydrogen) atoms. The van der Waals surface area contributed by atoms with Gasteiger partial charge in [0.05, 0.1) is 0 Å². The second-order valence-corrected chi connectivity index (χ2v) is 6.15. The number of rotatable bonds is 8. The van der Waals surface area contributed by atoms with Crippen molar-refractivity contribution < 1.29 is 9.47 Å². The maximum atomic E-state index is 5.77. The molecule has 1 aromatic carbocycles. The maximum Gasteiger partial charge on any atom is 0.157 e. The number of para-hydroxylation sites is 1. The van der Waals surface area contributed by atoms with Crippen LogP contribution < -0.4 is 0 Å². The lowest BCUT2D eigenvalue weighted by Gasteiger charge is -2.22. The van der Waals surface area contributed by atoms with Gasteiger partial charge in [0, 0.05) is 31.5 Å². The van der Waals surface area contributed by atoms with Crippen molar-refractivity contribution in [3.8, 4) is 0 Å². The molecule has 1 unspecified atom stereocenters. The van der Waals surface area contributed by atoms with Gasteiger partial charge in [-0.25, -0.2) is 0 Å². The van der Waals surface area contributed by atoms with Gasteiger partial charge in [-0.15, -0.1) is 0 Å². The number of fused-ring (bicyclic) bond motifs is 1. The quantitative estimate of drug-likeness (QED) is 0.657. The summed E-state index contributed by atoms with van der Waals surface area (Å²) in [5.74, 6) is 0. The monoisotopic (exact) mass is 301 g/mol. The Bertz CT molecular complexity index is 557. The van der Waals surface area contributed by atoms with Crippen LogP contribution in [0.2, 0.25) is 0 Å². The lowest BCUT2D eigenvalue weighted by molar-refractivity contribution is -0.162. The number of unbranched alkanes of at least 4 members (excludes halogenated alkanes) is 3. The van der Waals surface area contributed by atoms with Gasteiger partial charge in [0.15, 0.2) is 6.29 Å². The highest BCUT2D eigenvalue weighted by Gasteiger charge is 2.13. The van der Waals surface area contributed by atoms with E-state index >= 15 is 0 Å². The standard InChI is InChI=1S/C19H27NO2/c1(2-7-15-21-19-11-5-8-16-22-19)6-13-20-14-12-17-9-3-4-10-18(17)20/h3-4,9-10,12,14,19H,1-2,5-8,11,13,15-16H2. The minimum Gasteiger partial charge on any atom is -0.353 e. The summed E-state index contributed by atoms with van der Waals surface area (Å²) >= 11 is 0. The largest absolute Gasteiger partial charge is 0.353 e. The molecule has 1 aromatic heterocycles. The van der Waals surface area contributed by atoms with E-state index in [1.165, 1.54) is 43.0 Å². The molecular formula is C19H27NO2. The number of ether oxygens (including phenoxy) is 2. The minimum atomic E-state index is 0.0694. The molecule has 0 aliphatic carbocycles. The molecule has 1 aliphatic rings. The third-order valence-electron chi connectivity index (χ3n) is 4.42. The van der Waals surface area contributed by atoms with Crippen molar-refractivity contribution in [2.45, 2.75) is 57.8 Å². The highest BCUT2D eigenvalue weighted by atomic mass is 16.7.